The van der Waals surface area contributed by atoms with Gasteiger partial charge in [-0.25, -0.2) is 9.18 Å². The van der Waals surface area contributed by atoms with Crippen molar-refractivity contribution >= 4 is 5.91 Å². The first-order valence-corrected chi connectivity index (χ1v) is 8.83. The molecule has 0 unspecified atom stereocenters. The van der Waals surface area contributed by atoms with E-state index in [9.17, 15) is 18.8 Å². The molecule has 2 aromatic rings. The highest BCUT2D eigenvalue weighted by atomic mass is 19.1. The molecule has 2 heterocycles. The van der Waals surface area contributed by atoms with E-state index in [0.29, 0.717) is 19.0 Å². The first-order valence-electron chi connectivity index (χ1n) is 8.83. The van der Waals surface area contributed by atoms with E-state index in [-0.39, 0.29) is 24.7 Å². The van der Waals surface area contributed by atoms with Crippen molar-refractivity contribution in [3.63, 3.8) is 0 Å². The van der Waals surface area contributed by atoms with Crippen molar-refractivity contribution in [2.24, 2.45) is 5.92 Å². The summed E-state index contributed by atoms with van der Waals surface area (Å²) >= 11 is 0. The van der Waals surface area contributed by atoms with Crippen molar-refractivity contribution in [1.82, 2.24) is 14.5 Å². The SMILES string of the molecule is O=C(CCn1ccc(=O)[nH]c1=O)N1CCC(Cc2ccc(F)cc2)CC1. The van der Waals surface area contributed by atoms with E-state index in [1.807, 2.05) is 17.0 Å². The number of nitrogens with zero attached hydrogens (tertiary/aromatic N) is 2. The van der Waals surface area contributed by atoms with E-state index in [1.165, 1.54) is 29.0 Å². The number of likely N-dealkylation sites (tertiary alicyclic amines) is 1. The van der Waals surface area contributed by atoms with E-state index in [0.717, 1.165) is 24.8 Å². The summed E-state index contributed by atoms with van der Waals surface area (Å²) in [5.74, 6) is 0.283. The van der Waals surface area contributed by atoms with Gasteiger partial charge >= 0.3 is 5.69 Å². The number of hydrogen-bond acceptors (Lipinski definition) is 3. The zero-order valence-electron chi connectivity index (χ0n) is 14.5. The van der Waals surface area contributed by atoms with Gasteiger partial charge in [0.05, 0.1) is 0 Å². The maximum absolute atomic E-state index is 13.0. The molecule has 0 saturated carbocycles. The average Bonchev–Trinajstić information content (AvgIpc) is 2.63. The highest BCUT2D eigenvalue weighted by Crippen LogP contribution is 2.22. The Hall–Kier alpha value is -2.70. The fourth-order valence-corrected chi connectivity index (χ4v) is 3.33. The van der Waals surface area contributed by atoms with Crippen molar-refractivity contribution in [3.05, 3.63) is 68.7 Å². The molecule has 1 aliphatic heterocycles. The van der Waals surface area contributed by atoms with Crippen LogP contribution in [0.1, 0.15) is 24.8 Å². The topological polar surface area (TPSA) is 75.2 Å². The van der Waals surface area contributed by atoms with E-state index in [2.05, 4.69) is 4.98 Å². The Morgan fingerprint density at radius 2 is 1.81 bits per heavy atom. The highest BCUT2D eigenvalue weighted by molar-refractivity contribution is 5.76. The van der Waals surface area contributed by atoms with Gasteiger partial charge in [0.1, 0.15) is 5.82 Å². The van der Waals surface area contributed by atoms with Crippen LogP contribution in [0.25, 0.3) is 0 Å². The summed E-state index contributed by atoms with van der Waals surface area (Å²) in [6.45, 7) is 1.65. The number of rotatable bonds is 5. The number of hydrogen-bond donors (Lipinski definition) is 1. The van der Waals surface area contributed by atoms with Gasteiger partial charge in [0, 0.05) is 38.3 Å². The number of amides is 1. The first kappa shape index (κ1) is 18.1. The largest absolute Gasteiger partial charge is 0.343 e. The van der Waals surface area contributed by atoms with Crippen molar-refractivity contribution in [2.75, 3.05) is 13.1 Å². The van der Waals surface area contributed by atoms with Gasteiger partial charge in [0.2, 0.25) is 5.91 Å². The lowest BCUT2D eigenvalue weighted by Gasteiger charge is -2.32. The normalized spacial score (nSPS) is 15.2. The van der Waals surface area contributed by atoms with Gasteiger partial charge in [0.15, 0.2) is 0 Å². The molecule has 0 atom stereocenters. The third-order valence-electron chi connectivity index (χ3n) is 4.87. The Morgan fingerprint density at radius 1 is 1.12 bits per heavy atom. The molecule has 26 heavy (non-hydrogen) atoms. The summed E-state index contributed by atoms with van der Waals surface area (Å²) < 4.78 is 14.3. The summed E-state index contributed by atoms with van der Waals surface area (Å²) in [5, 5.41) is 0. The van der Waals surface area contributed by atoms with Crippen LogP contribution in [-0.2, 0) is 17.8 Å². The molecule has 0 aliphatic carbocycles. The molecule has 7 heteroatoms. The van der Waals surface area contributed by atoms with Crippen LogP contribution in [0.15, 0.2) is 46.1 Å². The lowest BCUT2D eigenvalue weighted by molar-refractivity contribution is -0.132. The fraction of sp³-hybridized carbons (Fsp3) is 0.421. The lowest BCUT2D eigenvalue weighted by Crippen LogP contribution is -2.39. The lowest BCUT2D eigenvalue weighted by atomic mass is 9.90. The van der Waals surface area contributed by atoms with Gasteiger partial charge in [-0.3, -0.25) is 14.6 Å². The Kier molecular flexibility index (Phi) is 5.65. The van der Waals surface area contributed by atoms with E-state index in [1.54, 1.807) is 0 Å². The zero-order valence-corrected chi connectivity index (χ0v) is 14.5. The molecule has 1 fully saturated rings. The second kappa shape index (κ2) is 8.12. The second-order valence-corrected chi connectivity index (χ2v) is 6.71. The minimum atomic E-state index is -0.497. The smallest absolute Gasteiger partial charge is 0.328 e. The van der Waals surface area contributed by atoms with E-state index >= 15 is 0 Å². The highest BCUT2D eigenvalue weighted by Gasteiger charge is 2.22. The summed E-state index contributed by atoms with van der Waals surface area (Å²) in [6, 6.07) is 7.86. The molecule has 1 aliphatic rings. The van der Waals surface area contributed by atoms with Gasteiger partial charge in [-0.1, -0.05) is 12.1 Å². The maximum Gasteiger partial charge on any atom is 0.328 e. The minimum Gasteiger partial charge on any atom is -0.343 e. The number of piperidine rings is 1. The van der Waals surface area contributed by atoms with Crippen molar-refractivity contribution in [2.45, 2.75) is 32.2 Å². The molecule has 1 amide bonds. The quantitative estimate of drug-likeness (QED) is 0.880. The molecule has 0 spiro atoms. The third kappa shape index (κ3) is 4.68. The molecule has 0 radical (unpaired) electrons. The van der Waals surface area contributed by atoms with Gasteiger partial charge < -0.3 is 9.47 Å². The summed E-state index contributed by atoms with van der Waals surface area (Å²) in [4.78, 5) is 39.0. The average molecular weight is 359 g/mol. The summed E-state index contributed by atoms with van der Waals surface area (Å²) in [5.41, 5.74) is 0.178. The third-order valence-corrected chi connectivity index (χ3v) is 4.87. The number of benzene rings is 1. The number of nitrogens with one attached hydrogen (secondary N) is 1. The van der Waals surface area contributed by atoms with Crippen LogP contribution in [-0.4, -0.2) is 33.4 Å². The minimum absolute atomic E-state index is 0.0170. The number of halogens is 1. The predicted molar refractivity (Wildman–Crippen MR) is 95.3 cm³/mol. The summed E-state index contributed by atoms with van der Waals surface area (Å²) in [6.07, 6.45) is 4.37. The van der Waals surface area contributed by atoms with Crippen LogP contribution in [0.2, 0.25) is 0 Å². The van der Waals surface area contributed by atoms with Crippen LogP contribution in [0.5, 0.6) is 0 Å². The number of carbonyl (C=O) groups is 1. The second-order valence-electron chi connectivity index (χ2n) is 6.71. The molecule has 1 aromatic carbocycles. The van der Waals surface area contributed by atoms with Crippen molar-refractivity contribution < 1.29 is 9.18 Å². The first-order chi connectivity index (χ1) is 12.5. The molecule has 1 aromatic heterocycles. The Labute approximate surface area is 150 Å². The Bertz CT molecular complexity index is 865. The number of H-pyrrole nitrogens is 1. The molecule has 0 bridgehead atoms. The van der Waals surface area contributed by atoms with Gasteiger partial charge in [-0.15, -0.1) is 0 Å². The molecule has 138 valence electrons. The van der Waals surface area contributed by atoms with Crippen LogP contribution in [0, 0.1) is 11.7 Å². The maximum atomic E-state index is 13.0. The van der Waals surface area contributed by atoms with Crippen LogP contribution >= 0.6 is 0 Å². The van der Waals surface area contributed by atoms with Crippen molar-refractivity contribution in [1.29, 1.82) is 0 Å². The molecule has 6 nitrogen and oxygen atoms in total. The van der Waals surface area contributed by atoms with Gasteiger partial charge in [0.25, 0.3) is 5.56 Å². The van der Waals surface area contributed by atoms with Crippen molar-refractivity contribution in [3.8, 4) is 0 Å². The molecule has 3 rings (SSSR count). The number of aryl methyl sites for hydroxylation is 1. The number of aromatic amines is 1. The number of aromatic nitrogens is 2. The predicted octanol–water partition coefficient (Wildman–Crippen LogP) is 1.55. The molecule has 1 saturated heterocycles. The van der Waals surface area contributed by atoms with Crippen LogP contribution in [0.4, 0.5) is 4.39 Å². The van der Waals surface area contributed by atoms with E-state index < -0.39 is 11.2 Å². The van der Waals surface area contributed by atoms with E-state index in [4.69, 9.17) is 0 Å². The molecular formula is C19H22FN3O3. The number of carbonyl (C=O) groups excluding carboxylic acids is 1. The van der Waals surface area contributed by atoms with Gasteiger partial charge in [-0.05, 0) is 42.9 Å². The molecule has 1 N–H and O–H groups in total. The molecular weight excluding hydrogens is 337 g/mol. The summed E-state index contributed by atoms with van der Waals surface area (Å²) in [7, 11) is 0. The Balaban J connectivity index is 1.46. The van der Waals surface area contributed by atoms with Crippen LogP contribution < -0.4 is 11.2 Å². The van der Waals surface area contributed by atoms with Crippen LogP contribution in [0.3, 0.4) is 0 Å². The zero-order chi connectivity index (χ0) is 18.5. The standard InChI is InChI=1S/C19H22FN3O3/c20-16-3-1-14(2-4-16)13-15-5-9-22(10-6-15)18(25)8-12-23-11-7-17(24)21-19(23)26/h1-4,7,11,15H,5-6,8-10,12-13H2,(H,21,24,26). The van der Waals surface area contributed by atoms with Gasteiger partial charge in [-0.2, -0.15) is 0 Å². The monoisotopic (exact) mass is 359 g/mol. The Morgan fingerprint density at radius 3 is 2.46 bits per heavy atom. The fourth-order valence-electron chi connectivity index (χ4n) is 3.33.